The molecule has 1 aromatic rings. The largest absolute Gasteiger partial charge is 0.467 e. The number of esters is 1. The Bertz CT molecular complexity index is 821. The highest BCUT2D eigenvalue weighted by atomic mass is 17.2. The molecule has 2 aliphatic heterocycles. The molecule has 2 aliphatic rings. The number of nitro benzene ring substituents is 1. The van der Waals surface area contributed by atoms with Gasteiger partial charge in [-0.15, -0.1) is 0 Å². The fraction of sp³-hybridized carbons (Fsp3) is 0.611. The first-order valence-electron chi connectivity index (χ1n) is 9.62. The average Bonchev–Trinajstić information content (AvgIpc) is 2.80. The third-order valence-corrected chi connectivity index (χ3v) is 4.99. The van der Waals surface area contributed by atoms with Gasteiger partial charge in [0.25, 0.3) is 5.69 Å². The normalized spacial score (nSPS) is 36.7. The smallest absolute Gasteiger partial charge is 0.337 e. The molecule has 2 fully saturated rings. The first-order chi connectivity index (χ1) is 15.6. The van der Waals surface area contributed by atoms with Crippen LogP contribution in [0.5, 0.6) is 5.75 Å². The van der Waals surface area contributed by atoms with Crippen LogP contribution in [0.25, 0.3) is 0 Å². The number of carbonyl (C=O) groups excluding carboxylic acids is 1. The van der Waals surface area contributed by atoms with E-state index in [1.54, 1.807) is 0 Å². The van der Waals surface area contributed by atoms with Crippen LogP contribution in [0.2, 0.25) is 0 Å². The number of carbonyl (C=O) groups is 1. The number of ether oxygens (including phenoxy) is 4. The summed E-state index contributed by atoms with van der Waals surface area (Å²) in [6, 6.07) is 4.87. The Morgan fingerprint density at radius 1 is 1.00 bits per heavy atom. The Morgan fingerprint density at radius 3 is 2.27 bits per heavy atom. The molecule has 2 saturated heterocycles. The molecular formula is C18H23NO14. The van der Waals surface area contributed by atoms with Crippen LogP contribution < -0.4 is 4.74 Å². The summed E-state index contributed by atoms with van der Waals surface area (Å²) < 4.78 is 20.4. The number of methoxy groups -OCH3 is 1. The number of aliphatic hydroxyl groups is 5. The van der Waals surface area contributed by atoms with Gasteiger partial charge in [0.05, 0.1) is 18.6 Å². The molecule has 0 unspecified atom stereocenters. The third-order valence-electron chi connectivity index (χ3n) is 4.99. The lowest BCUT2D eigenvalue weighted by molar-refractivity contribution is -0.462. The van der Waals surface area contributed by atoms with Gasteiger partial charge in [-0.25, -0.2) is 14.6 Å². The summed E-state index contributed by atoms with van der Waals surface area (Å²) in [5.74, 6) is -0.959. The predicted molar refractivity (Wildman–Crippen MR) is 100 cm³/mol. The number of rotatable bonds is 7. The van der Waals surface area contributed by atoms with E-state index in [4.69, 9.17) is 24.0 Å². The van der Waals surface area contributed by atoms with Crippen LogP contribution in [0.15, 0.2) is 24.3 Å². The van der Waals surface area contributed by atoms with Crippen LogP contribution in [0.1, 0.15) is 0 Å². The molecule has 9 atom stereocenters. The Morgan fingerprint density at radius 2 is 1.67 bits per heavy atom. The van der Waals surface area contributed by atoms with Gasteiger partial charge >= 0.3 is 5.97 Å². The van der Waals surface area contributed by atoms with Crippen molar-refractivity contribution in [3.63, 3.8) is 0 Å². The number of nitrogens with zero attached hydrogens (tertiary/aromatic N) is 1. The molecular weight excluding hydrogens is 454 g/mol. The minimum absolute atomic E-state index is 0.0982. The van der Waals surface area contributed by atoms with Gasteiger partial charge < -0.3 is 44.5 Å². The minimum atomic E-state index is -1.87. The van der Waals surface area contributed by atoms with E-state index in [2.05, 4.69) is 4.74 Å². The lowest BCUT2D eigenvalue weighted by Crippen LogP contribution is -2.61. The van der Waals surface area contributed by atoms with Gasteiger partial charge in [0.15, 0.2) is 12.2 Å². The lowest BCUT2D eigenvalue weighted by atomic mass is 9.99. The van der Waals surface area contributed by atoms with Gasteiger partial charge in [0.1, 0.15) is 36.3 Å². The Balaban J connectivity index is 1.70. The summed E-state index contributed by atoms with van der Waals surface area (Å²) in [5.41, 5.74) is -0.192. The number of non-ortho nitro benzene ring substituents is 1. The zero-order valence-electron chi connectivity index (χ0n) is 17.1. The van der Waals surface area contributed by atoms with Crippen LogP contribution in [0, 0.1) is 10.1 Å². The van der Waals surface area contributed by atoms with E-state index in [9.17, 15) is 40.4 Å². The van der Waals surface area contributed by atoms with Gasteiger partial charge in [-0.2, -0.15) is 0 Å². The molecule has 184 valence electrons. The second-order valence-corrected chi connectivity index (χ2v) is 7.21. The van der Waals surface area contributed by atoms with E-state index in [1.807, 2.05) is 0 Å². The van der Waals surface area contributed by atoms with Crippen molar-refractivity contribution >= 4 is 11.7 Å². The minimum Gasteiger partial charge on any atom is -0.467 e. The lowest BCUT2D eigenvalue weighted by Gasteiger charge is -2.40. The molecule has 0 radical (unpaired) electrons. The van der Waals surface area contributed by atoms with Gasteiger partial charge in [0.2, 0.25) is 12.6 Å². The maximum atomic E-state index is 11.7. The van der Waals surface area contributed by atoms with Crippen LogP contribution in [0.3, 0.4) is 0 Å². The second kappa shape index (κ2) is 10.6. The standard InChI is InChI=1S/C18H23NO14/c1-28-16(25)14-12(23)11(22)13(24)17(31-14)33-32-15-10(21)9(20)6-29-18(15)30-8-4-2-7(3-5-8)19(26)27/h2-5,9-15,17-18,20-24H,6H2,1H3/t9-,10+,11+,12+,13-,14+,15-,17-,18+/m1/s1. The number of nitro groups is 1. The van der Waals surface area contributed by atoms with Gasteiger partial charge in [0, 0.05) is 12.1 Å². The predicted octanol–water partition coefficient (Wildman–Crippen LogP) is -2.65. The molecule has 15 heteroatoms. The summed E-state index contributed by atoms with van der Waals surface area (Å²) in [7, 11) is 1.01. The number of aliphatic hydroxyl groups excluding tert-OH is 5. The maximum Gasteiger partial charge on any atom is 0.337 e. The topological polar surface area (TPSA) is 217 Å². The first-order valence-corrected chi connectivity index (χ1v) is 9.62. The molecule has 0 aliphatic carbocycles. The van der Waals surface area contributed by atoms with Crippen molar-refractivity contribution in [1.82, 2.24) is 0 Å². The van der Waals surface area contributed by atoms with Crippen LogP contribution in [-0.2, 0) is 28.8 Å². The van der Waals surface area contributed by atoms with E-state index in [0.717, 1.165) is 7.11 Å². The van der Waals surface area contributed by atoms with Crippen molar-refractivity contribution in [3.05, 3.63) is 34.4 Å². The maximum absolute atomic E-state index is 11.7. The highest BCUT2D eigenvalue weighted by Crippen LogP contribution is 2.27. The van der Waals surface area contributed by atoms with Gasteiger partial charge in [-0.1, -0.05) is 0 Å². The van der Waals surface area contributed by atoms with Crippen molar-refractivity contribution in [2.75, 3.05) is 13.7 Å². The molecule has 3 rings (SSSR count). The highest BCUT2D eigenvalue weighted by Gasteiger charge is 2.50. The zero-order valence-corrected chi connectivity index (χ0v) is 17.1. The summed E-state index contributed by atoms with van der Waals surface area (Å²) >= 11 is 0. The summed E-state index contributed by atoms with van der Waals surface area (Å²) in [6.07, 6.45) is -15.1. The molecule has 5 N–H and O–H groups in total. The molecule has 0 saturated carbocycles. The fourth-order valence-corrected chi connectivity index (χ4v) is 3.11. The van der Waals surface area contributed by atoms with Crippen molar-refractivity contribution in [1.29, 1.82) is 0 Å². The fourth-order valence-electron chi connectivity index (χ4n) is 3.11. The highest BCUT2D eigenvalue weighted by molar-refractivity contribution is 5.75. The number of benzene rings is 1. The molecule has 15 nitrogen and oxygen atoms in total. The molecule has 33 heavy (non-hydrogen) atoms. The van der Waals surface area contributed by atoms with E-state index < -0.39 is 66.2 Å². The van der Waals surface area contributed by atoms with Crippen LogP contribution in [-0.4, -0.2) is 105 Å². The van der Waals surface area contributed by atoms with Crippen molar-refractivity contribution in [3.8, 4) is 5.75 Å². The van der Waals surface area contributed by atoms with E-state index >= 15 is 0 Å². The molecule has 0 bridgehead atoms. The average molecular weight is 477 g/mol. The molecule has 1 aromatic carbocycles. The van der Waals surface area contributed by atoms with Crippen LogP contribution in [0.4, 0.5) is 5.69 Å². The second-order valence-electron chi connectivity index (χ2n) is 7.21. The van der Waals surface area contributed by atoms with Gasteiger partial charge in [-0.05, 0) is 12.1 Å². The Kier molecular flexibility index (Phi) is 8.11. The molecule has 2 heterocycles. The Hall–Kier alpha value is -2.47. The van der Waals surface area contributed by atoms with E-state index in [0.29, 0.717) is 0 Å². The van der Waals surface area contributed by atoms with E-state index in [1.165, 1.54) is 24.3 Å². The summed E-state index contributed by atoms with van der Waals surface area (Å²) in [5, 5.41) is 60.9. The molecule has 0 amide bonds. The summed E-state index contributed by atoms with van der Waals surface area (Å²) in [4.78, 5) is 31.9. The molecule has 0 aromatic heterocycles. The Labute approximate surface area is 185 Å². The van der Waals surface area contributed by atoms with E-state index in [-0.39, 0.29) is 18.0 Å². The zero-order chi connectivity index (χ0) is 24.3. The quantitative estimate of drug-likeness (QED) is 0.117. The van der Waals surface area contributed by atoms with Crippen molar-refractivity contribution in [2.24, 2.45) is 0 Å². The SMILES string of the molecule is COC(=O)[C@H]1O[C@H](OO[C@H]2[C@H](Oc3ccc([N+](=O)[O-])cc3)OC[C@@H](O)[C@@H]2O)[C@H](O)[C@@H](O)[C@@H]1O. The molecule has 0 spiro atoms. The third kappa shape index (κ3) is 5.55. The monoisotopic (exact) mass is 477 g/mol. The first kappa shape index (κ1) is 25.2. The summed E-state index contributed by atoms with van der Waals surface area (Å²) in [6.45, 7) is -0.351. The van der Waals surface area contributed by atoms with Gasteiger partial charge in [-0.3, -0.25) is 10.1 Å². The van der Waals surface area contributed by atoms with Crippen LogP contribution >= 0.6 is 0 Å². The number of hydrogen-bond donors (Lipinski definition) is 5. The van der Waals surface area contributed by atoms with Crippen molar-refractivity contribution < 1.29 is 64.0 Å². The van der Waals surface area contributed by atoms with Crippen molar-refractivity contribution in [2.45, 2.75) is 55.3 Å². The number of hydrogen-bond acceptors (Lipinski definition) is 14.